The van der Waals surface area contributed by atoms with Gasteiger partial charge in [-0.05, 0) is 36.8 Å². The first kappa shape index (κ1) is 18.3. The van der Waals surface area contributed by atoms with Gasteiger partial charge in [-0.2, -0.15) is 0 Å². The lowest BCUT2D eigenvalue weighted by Crippen LogP contribution is -2.47. The molecule has 2 aromatic heterocycles. The molecule has 27 heavy (non-hydrogen) atoms. The monoisotopic (exact) mass is 401 g/mol. The molecule has 1 N–H and O–H groups in total. The summed E-state index contributed by atoms with van der Waals surface area (Å²) in [6.07, 6.45) is 3.00. The number of fused-ring (bicyclic) bond motifs is 1. The fraction of sp³-hybridized carbons (Fsp3) is 0.368. The fourth-order valence-corrected chi connectivity index (χ4v) is 4.71. The van der Waals surface area contributed by atoms with Gasteiger partial charge in [0.2, 0.25) is 0 Å². The van der Waals surface area contributed by atoms with Crippen LogP contribution >= 0.6 is 11.3 Å². The highest BCUT2D eigenvalue weighted by Gasteiger charge is 2.23. The van der Waals surface area contributed by atoms with Crippen LogP contribution in [0.5, 0.6) is 0 Å². The van der Waals surface area contributed by atoms with Crippen LogP contribution in [0.15, 0.2) is 46.9 Å². The second-order valence-electron chi connectivity index (χ2n) is 6.97. The van der Waals surface area contributed by atoms with E-state index in [0.29, 0.717) is 10.9 Å². The maximum atomic E-state index is 11.8. The van der Waals surface area contributed by atoms with E-state index in [1.165, 1.54) is 16.5 Å². The lowest BCUT2D eigenvalue weighted by Gasteiger charge is -2.38. The minimum Gasteiger partial charge on any atom is -0.354 e. The highest BCUT2D eigenvalue weighted by molar-refractivity contribution is 7.91. The maximum Gasteiger partial charge on any atom is 0.128 e. The normalized spacial score (nSPS) is 19.1. The molecule has 1 fully saturated rings. The van der Waals surface area contributed by atoms with Crippen LogP contribution < -0.4 is 4.90 Å². The van der Waals surface area contributed by atoms with E-state index in [1.54, 1.807) is 23.6 Å². The van der Waals surface area contributed by atoms with E-state index in [4.69, 9.17) is 4.78 Å². The number of rotatable bonds is 4. The third-order valence-corrected chi connectivity index (χ3v) is 7.14. The largest absolute Gasteiger partial charge is 0.354 e. The first-order valence-electron chi connectivity index (χ1n) is 8.94. The molecule has 0 aliphatic carbocycles. The summed E-state index contributed by atoms with van der Waals surface area (Å²) in [6, 6.07) is 10.6. The van der Waals surface area contributed by atoms with Gasteiger partial charge in [-0.25, -0.2) is 19.0 Å². The molecule has 3 aromatic rings. The van der Waals surface area contributed by atoms with Crippen molar-refractivity contribution in [2.45, 2.75) is 17.9 Å². The summed E-state index contributed by atoms with van der Waals surface area (Å²) in [4.78, 5) is 14.1. The summed E-state index contributed by atoms with van der Waals surface area (Å²) >= 11 is 1.68. The lowest BCUT2D eigenvalue weighted by atomic mass is 10.1. The number of benzene rings is 1. The summed E-state index contributed by atoms with van der Waals surface area (Å²) in [6.45, 7) is 5.98. The van der Waals surface area contributed by atoms with Crippen molar-refractivity contribution >= 4 is 37.1 Å². The van der Waals surface area contributed by atoms with Gasteiger partial charge in [0.05, 0.1) is 30.4 Å². The number of hydrogen-bond donors (Lipinski definition) is 1. The molecular formula is C19H23N5OS2. The molecule has 1 aliphatic rings. The van der Waals surface area contributed by atoms with Crippen molar-refractivity contribution in [3.05, 3.63) is 47.6 Å². The Morgan fingerprint density at radius 3 is 2.59 bits per heavy atom. The zero-order valence-corrected chi connectivity index (χ0v) is 17.1. The van der Waals surface area contributed by atoms with Crippen molar-refractivity contribution in [2.24, 2.45) is 0 Å². The average molecular weight is 402 g/mol. The molecule has 1 saturated heterocycles. The van der Waals surface area contributed by atoms with Crippen molar-refractivity contribution in [2.75, 3.05) is 37.3 Å². The Hall–Kier alpha value is -2.03. The third kappa shape index (κ3) is 3.83. The fourth-order valence-electron chi connectivity index (χ4n) is 3.47. The number of aromatic nitrogens is 2. The number of anilines is 1. The van der Waals surface area contributed by atoms with Gasteiger partial charge in [-0.1, -0.05) is 6.07 Å². The van der Waals surface area contributed by atoms with Crippen LogP contribution in [0.4, 0.5) is 5.82 Å². The van der Waals surface area contributed by atoms with Crippen molar-refractivity contribution < 1.29 is 4.21 Å². The minimum atomic E-state index is -2.71. The maximum absolute atomic E-state index is 11.8. The van der Waals surface area contributed by atoms with E-state index in [-0.39, 0.29) is 0 Å². The summed E-state index contributed by atoms with van der Waals surface area (Å²) in [5, 5.41) is 0. The smallest absolute Gasteiger partial charge is 0.128 e. The topological polar surface area (TPSA) is 73.2 Å². The molecule has 4 rings (SSSR count). The number of thiazole rings is 1. The van der Waals surface area contributed by atoms with Crippen molar-refractivity contribution in [1.29, 1.82) is 4.78 Å². The van der Waals surface area contributed by atoms with Gasteiger partial charge in [0.1, 0.15) is 5.82 Å². The Labute approximate surface area is 163 Å². The predicted octanol–water partition coefficient (Wildman–Crippen LogP) is 3.61. The van der Waals surface area contributed by atoms with E-state index in [2.05, 4.69) is 44.9 Å². The van der Waals surface area contributed by atoms with Crippen LogP contribution in [-0.4, -0.2) is 51.5 Å². The molecule has 1 aliphatic heterocycles. The van der Waals surface area contributed by atoms with Gasteiger partial charge < -0.3 is 4.90 Å². The van der Waals surface area contributed by atoms with Crippen LogP contribution in [-0.2, 0) is 9.73 Å². The molecule has 8 heteroatoms. The highest BCUT2D eigenvalue weighted by atomic mass is 32.2. The van der Waals surface area contributed by atoms with Crippen molar-refractivity contribution in [3.8, 4) is 0 Å². The second-order valence-corrected chi connectivity index (χ2v) is 10.0. The number of nitrogens with zero attached hydrogens (tertiary/aromatic N) is 4. The second kappa shape index (κ2) is 7.18. The van der Waals surface area contributed by atoms with Crippen LogP contribution in [0.3, 0.4) is 0 Å². The van der Waals surface area contributed by atoms with Gasteiger partial charge in [0.25, 0.3) is 0 Å². The number of hydrogen-bond acceptors (Lipinski definition) is 7. The van der Waals surface area contributed by atoms with Crippen LogP contribution in [0.2, 0.25) is 0 Å². The Kier molecular flexibility index (Phi) is 4.88. The molecule has 0 saturated carbocycles. The molecule has 0 bridgehead atoms. The summed E-state index contributed by atoms with van der Waals surface area (Å²) in [5.41, 5.74) is 4.28. The zero-order chi connectivity index (χ0) is 19.0. The minimum absolute atomic E-state index is 0.349. The molecule has 6 nitrogen and oxygen atoms in total. The molecule has 1 aromatic carbocycles. The lowest BCUT2D eigenvalue weighted by molar-refractivity contribution is 0.198. The third-order valence-electron chi connectivity index (χ3n) is 5.19. The molecule has 2 unspecified atom stereocenters. The first-order valence-corrected chi connectivity index (χ1v) is 11.8. The molecular weight excluding hydrogens is 378 g/mol. The number of piperazine rings is 1. The quantitative estimate of drug-likeness (QED) is 0.723. The average Bonchev–Trinajstić information content (AvgIpc) is 3.15. The molecule has 2 atom stereocenters. The van der Waals surface area contributed by atoms with E-state index < -0.39 is 9.73 Å². The summed E-state index contributed by atoms with van der Waals surface area (Å²) < 4.78 is 20.7. The Morgan fingerprint density at radius 2 is 1.93 bits per heavy atom. The molecule has 3 heterocycles. The van der Waals surface area contributed by atoms with Crippen molar-refractivity contribution in [3.63, 3.8) is 0 Å². The first-order chi connectivity index (χ1) is 12.9. The Bertz CT molecular complexity index is 1040. The molecule has 0 spiro atoms. The van der Waals surface area contributed by atoms with Gasteiger partial charge in [-0.3, -0.25) is 4.90 Å². The Balaban J connectivity index is 1.42. The van der Waals surface area contributed by atoms with Gasteiger partial charge in [-0.15, -0.1) is 11.3 Å². The van der Waals surface area contributed by atoms with Crippen LogP contribution in [0.1, 0.15) is 18.5 Å². The predicted molar refractivity (Wildman–Crippen MR) is 111 cm³/mol. The summed E-state index contributed by atoms with van der Waals surface area (Å²) in [7, 11) is -2.71. The zero-order valence-electron chi connectivity index (χ0n) is 15.5. The molecule has 0 amide bonds. The van der Waals surface area contributed by atoms with E-state index in [9.17, 15) is 4.21 Å². The highest BCUT2D eigenvalue weighted by Crippen LogP contribution is 2.27. The van der Waals surface area contributed by atoms with Crippen LogP contribution in [0.25, 0.3) is 10.2 Å². The van der Waals surface area contributed by atoms with Crippen LogP contribution in [0, 0.1) is 4.78 Å². The SMILES string of the molecule is CC(c1ccc2scnc2c1)N1CCN(c2ccc(S(C)(=N)=O)cn2)CC1. The standard InChI is InChI=1S/C19H23N5OS2/c1-14(15-3-5-18-17(11-15)22-13-26-18)23-7-9-24(10-8-23)19-6-4-16(12-21-19)27(2,20)25/h3-6,11-14,20H,7-10H2,1-2H3. The van der Waals surface area contributed by atoms with Crippen molar-refractivity contribution in [1.82, 2.24) is 14.9 Å². The molecule has 0 radical (unpaired) electrons. The Morgan fingerprint density at radius 1 is 1.15 bits per heavy atom. The number of nitrogens with one attached hydrogen (secondary N) is 1. The van der Waals surface area contributed by atoms with E-state index in [0.717, 1.165) is 37.5 Å². The van der Waals surface area contributed by atoms with E-state index in [1.807, 2.05) is 11.6 Å². The van der Waals surface area contributed by atoms with Gasteiger partial charge in [0, 0.05) is 44.7 Å². The molecule has 142 valence electrons. The number of pyridine rings is 1. The summed E-state index contributed by atoms with van der Waals surface area (Å²) in [5.74, 6) is 0.888. The van der Waals surface area contributed by atoms with Gasteiger partial charge >= 0.3 is 0 Å². The van der Waals surface area contributed by atoms with E-state index >= 15 is 0 Å². The van der Waals surface area contributed by atoms with Gasteiger partial charge in [0.15, 0.2) is 0 Å².